The summed E-state index contributed by atoms with van der Waals surface area (Å²) in [5.41, 5.74) is 3.06. The third kappa shape index (κ3) is 2.93. The highest BCUT2D eigenvalue weighted by Crippen LogP contribution is 2.35. The zero-order valence-electron chi connectivity index (χ0n) is 14.2. The number of carbonyl (C=O) groups is 1. The second-order valence-electron chi connectivity index (χ2n) is 6.67. The van der Waals surface area contributed by atoms with Crippen LogP contribution in [0.4, 0.5) is 5.69 Å². The fourth-order valence-corrected chi connectivity index (χ4v) is 3.71. The Morgan fingerprint density at radius 2 is 1.77 bits per heavy atom. The van der Waals surface area contributed by atoms with Gasteiger partial charge in [0.05, 0.1) is 22.7 Å². The normalized spacial score (nSPS) is 23.8. The summed E-state index contributed by atoms with van der Waals surface area (Å²) in [6, 6.07) is 13.7. The molecule has 6 heteroatoms. The Labute approximate surface area is 151 Å². The first-order valence-electron chi connectivity index (χ1n) is 8.84. The molecule has 26 heavy (non-hydrogen) atoms. The van der Waals surface area contributed by atoms with Crippen LogP contribution in [-0.2, 0) is 0 Å². The van der Waals surface area contributed by atoms with E-state index in [1.165, 1.54) is 12.1 Å². The van der Waals surface area contributed by atoms with Crippen molar-refractivity contribution < 1.29 is 9.72 Å². The first-order chi connectivity index (χ1) is 12.6. The summed E-state index contributed by atoms with van der Waals surface area (Å²) in [5.74, 6) is -0.499. The van der Waals surface area contributed by atoms with E-state index in [9.17, 15) is 14.9 Å². The van der Waals surface area contributed by atoms with Crippen molar-refractivity contribution in [3.05, 3.63) is 75.3 Å². The maximum atomic E-state index is 13.0. The summed E-state index contributed by atoms with van der Waals surface area (Å²) in [6.45, 7) is 0.930. The number of nitro benzene ring substituents is 1. The van der Waals surface area contributed by atoms with Gasteiger partial charge in [-0.25, -0.2) is 0 Å². The minimum absolute atomic E-state index is 0.00372. The number of hydrogen-bond donors (Lipinski definition) is 1. The number of nitro groups is 1. The second-order valence-corrected chi connectivity index (χ2v) is 6.67. The lowest BCUT2D eigenvalue weighted by Gasteiger charge is -2.22. The largest absolute Gasteiger partial charge is 0.296 e. The van der Waals surface area contributed by atoms with Gasteiger partial charge in [-0.1, -0.05) is 36.4 Å². The number of nitrogens with zero attached hydrogens (tertiary/aromatic N) is 2. The van der Waals surface area contributed by atoms with Crippen molar-refractivity contribution in [3.8, 4) is 0 Å². The average Bonchev–Trinajstić information content (AvgIpc) is 2.95. The molecule has 0 spiro atoms. The predicted octanol–water partition coefficient (Wildman–Crippen LogP) is 3.46. The Hall–Kier alpha value is -2.86. The van der Waals surface area contributed by atoms with Crippen molar-refractivity contribution in [1.29, 1.82) is 0 Å². The number of fused-ring (bicyclic) bond motifs is 1. The highest BCUT2D eigenvalue weighted by Gasteiger charge is 2.38. The molecule has 2 unspecified atom stereocenters. The van der Waals surface area contributed by atoms with Gasteiger partial charge in [-0.15, -0.1) is 0 Å². The summed E-state index contributed by atoms with van der Waals surface area (Å²) >= 11 is 0. The fourth-order valence-electron chi connectivity index (χ4n) is 3.71. The quantitative estimate of drug-likeness (QED) is 0.679. The van der Waals surface area contributed by atoms with Crippen molar-refractivity contribution >= 4 is 17.2 Å². The molecule has 0 saturated carbocycles. The van der Waals surface area contributed by atoms with Crippen LogP contribution in [0, 0.1) is 10.1 Å². The van der Waals surface area contributed by atoms with Crippen LogP contribution >= 0.6 is 0 Å². The van der Waals surface area contributed by atoms with E-state index in [0.717, 1.165) is 42.6 Å². The van der Waals surface area contributed by atoms with Gasteiger partial charge >= 0.3 is 0 Å². The molecule has 132 valence electrons. The molecule has 1 aliphatic heterocycles. The van der Waals surface area contributed by atoms with E-state index in [1.807, 2.05) is 24.3 Å². The van der Waals surface area contributed by atoms with Crippen molar-refractivity contribution in [2.45, 2.75) is 31.3 Å². The number of rotatable bonds is 3. The van der Waals surface area contributed by atoms with Gasteiger partial charge < -0.3 is 0 Å². The van der Waals surface area contributed by atoms with E-state index in [1.54, 1.807) is 12.1 Å². The number of Topliss-reactive ketones (excluding diaryl/α,β-unsaturated/α-hetero) is 1. The molecule has 0 aromatic heterocycles. The molecule has 2 aromatic carbocycles. The summed E-state index contributed by atoms with van der Waals surface area (Å²) in [7, 11) is 0. The number of benzene rings is 2. The van der Waals surface area contributed by atoms with E-state index < -0.39 is 10.8 Å². The molecule has 2 atom stereocenters. The molecule has 1 aliphatic carbocycles. The summed E-state index contributed by atoms with van der Waals surface area (Å²) < 4.78 is 0. The number of ketones is 1. The average molecular weight is 349 g/mol. The van der Waals surface area contributed by atoms with Crippen LogP contribution in [0.25, 0.3) is 0 Å². The summed E-state index contributed by atoms with van der Waals surface area (Å²) in [4.78, 5) is 28.4. The van der Waals surface area contributed by atoms with Crippen LogP contribution < -0.4 is 5.32 Å². The maximum absolute atomic E-state index is 13.0. The monoisotopic (exact) mass is 349 g/mol. The highest BCUT2D eigenvalue weighted by atomic mass is 16.6. The number of piperidine rings is 1. The van der Waals surface area contributed by atoms with Gasteiger partial charge in [0.25, 0.3) is 5.69 Å². The van der Waals surface area contributed by atoms with E-state index in [4.69, 9.17) is 4.99 Å². The van der Waals surface area contributed by atoms with Crippen LogP contribution in [0.2, 0.25) is 0 Å². The second kappa shape index (κ2) is 6.80. The van der Waals surface area contributed by atoms with Crippen molar-refractivity contribution in [2.75, 3.05) is 6.54 Å². The molecular formula is C20H19N3O3. The molecule has 1 fully saturated rings. The minimum Gasteiger partial charge on any atom is -0.296 e. The van der Waals surface area contributed by atoms with Gasteiger partial charge in [-0.3, -0.25) is 25.2 Å². The van der Waals surface area contributed by atoms with Gasteiger partial charge in [-0.2, -0.15) is 0 Å². The molecule has 1 N–H and O–H groups in total. The zero-order valence-corrected chi connectivity index (χ0v) is 14.2. The van der Waals surface area contributed by atoms with Crippen LogP contribution in [0.5, 0.6) is 0 Å². The third-order valence-electron chi connectivity index (χ3n) is 5.02. The Kier molecular flexibility index (Phi) is 4.34. The number of hydrogen-bond acceptors (Lipinski definition) is 5. The molecule has 0 radical (unpaired) electrons. The van der Waals surface area contributed by atoms with Crippen molar-refractivity contribution in [1.82, 2.24) is 5.32 Å². The lowest BCUT2D eigenvalue weighted by atomic mass is 9.93. The number of aliphatic imine (C=N–C) groups is 1. The van der Waals surface area contributed by atoms with Gasteiger partial charge in [0.15, 0.2) is 5.78 Å². The molecule has 6 nitrogen and oxygen atoms in total. The predicted molar refractivity (Wildman–Crippen MR) is 98.8 cm³/mol. The van der Waals surface area contributed by atoms with Gasteiger partial charge in [0.2, 0.25) is 0 Å². The summed E-state index contributed by atoms with van der Waals surface area (Å²) in [6.07, 6.45) is 3.22. The Bertz CT molecular complexity index is 883. The van der Waals surface area contributed by atoms with E-state index in [2.05, 4.69) is 5.32 Å². The maximum Gasteiger partial charge on any atom is 0.269 e. The zero-order chi connectivity index (χ0) is 18.1. The molecule has 1 heterocycles. The molecule has 2 aliphatic rings. The highest BCUT2D eigenvalue weighted by molar-refractivity contribution is 6.31. The van der Waals surface area contributed by atoms with Gasteiger partial charge in [-0.05, 0) is 31.4 Å². The lowest BCUT2D eigenvalue weighted by Crippen LogP contribution is -2.33. The van der Waals surface area contributed by atoms with Crippen LogP contribution in [0.1, 0.15) is 46.7 Å². The van der Waals surface area contributed by atoms with Gasteiger partial charge in [0, 0.05) is 23.3 Å². The van der Waals surface area contributed by atoms with E-state index >= 15 is 0 Å². The Morgan fingerprint density at radius 3 is 2.42 bits per heavy atom. The molecule has 0 amide bonds. The standard InChI is InChI=1S/C20H19N3O3/c24-20-16-6-2-1-5-15(16)19(22-17-7-3-4-12-21-17)18(20)13-8-10-14(11-9-13)23(25)26/h1-2,5-6,8-11,17-18,21H,3-4,7,12H2/b22-19-. The van der Waals surface area contributed by atoms with E-state index in [0.29, 0.717) is 5.56 Å². The van der Waals surface area contributed by atoms with Crippen molar-refractivity contribution in [3.63, 3.8) is 0 Å². The van der Waals surface area contributed by atoms with Crippen LogP contribution in [0.3, 0.4) is 0 Å². The first kappa shape index (κ1) is 16.6. The Balaban J connectivity index is 1.77. The first-order valence-corrected chi connectivity index (χ1v) is 8.84. The van der Waals surface area contributed by atoms with Crippen molar-refractivity contribution in [2.24, 2.45) is 4.99 Å². The number of nitrogens with one attached hydrogen (secondary N) is 1. The van der Waals surface area contributed by atoms with Gasteiger partial charge in [0.1, 0.15) is 0 Å². The van der Waals surface area contributed by atoms with E-state index in [-0.39, 0.29) is 17.6 Å². The lowest BCUT2D eigenvalue weighted by molar-refractivity contribution is -0.384. The molecule has 4 rings (SSSR count). The van der Waals surface area contributed by atoms with Crippen LogP contribution in [-0.4, -0.2) is 29.1 Å². The topological polar surface area (TPSA) is 84.6 Å². The molecular weight excluding hydrogens is 330 g/mol. The molecule has 0 bridgehead atoms. The SMILES string of the molecule is O=C1c2ccccc2/C(=N/C2CCCCN2)C1c1ccc([N+](=O)[O-])cc1. The Morgan fingerprint density at radius 1 is 1.04 bits per heavy atom. The fraction of sp³-hybridized carbons (Fsp3) is 0.300. The number of non-ortho nitro benzene ring substituents is 1. The minimum atomic E-state index is -0.503. The summed E-state index contributed by atoms with van der Waals surface area (Å²) in [5, 5.41) is 14.3. The third-order valence-corrected chi connectivity index (χ3v) is 5.02. The van der Waals surface area contributed by atoms with Crippen LogP contribution in [0.15, 0.2) is 53.5 Å². The number of carbonyl (C=O) groups excluding carboxylic acids is 1. The molecule has 2 aromatic rings. The molecule has 1 saturated heterocycles. The smallest absolute Gasteiger partial charge is 0.269 e.